The van der Waals surface area contributed by atoms with Gasteiger partial charge in [-0.15, -0.1) is 0 Å². The Morgan fingerprint density at radius 1 is 1.25 bits per heavy atom. The maximum absolute atomic E-state index is 11.9. The molecule has 0 aromatic carbocycles. The summed E-state index contributed by atoms with van der Waals surface area (Å²) in [6, 6.07) is 0. The summed E-state index contributed by atoms with van der Waals surface area (Å²) in [5, 5.41) is 8.75. The molecule has 0 aliphatic rings. The number of unbranched alkanes of at least 4 members (excludes halogenated alkanes) is 2. The lowest BCUT2D eigenvalue weighted by Gasteiger charge is -2.19. The molecule has 118 valence electrons. The number of carbonyl (C=O) groups is 2. The molecule has 8 heteroatoms. The molecule has 0 amide bonds. The van der Waals surface area contributed by atoms with Crippen molar-refractivity contribution >= 4 is 22.0 Å². The number of esters is 1. The van der Waals surface area contributed by atoms with Crippen LogP contribution in [0.4, 0.5) is 0 Å². The molecule has 0 aliphatic heterocycles. The lowest BCUT2D eigenvalue weighted by Crippen LogP contribution is -2.35. The highest BCUT2D eigenvalue weighted by Gasteiger charge is 2.22. The summed E-state index contributed by atoms with van der Waals surface area (Å²) < 4.78 is 29.3. The zero-order valence-electron chi connectivity index (χ0n) is 12.2. The first-order chi connectivity index (χ1) is 9.20. The van der Waals surface area contributed by atoms with E-state index in [4.69, 9.17) is 5.11 Å². The van der Waals surface area contributed by atoms with E-state index in [1.807, 2.05) is 0 Å². The van der Waals surface area contributed by atoms with Crippen molar-refractivity contribution in [3.8, 4) is 0 Å². The van der Waals surface area contributed by atoms with Crippen LogP contribution in [-0.2, 0) is 24.3 Å². The van der Waals surface area contributed by atoms with E-state index in [1.165, 1.54) is 21.1 Å². The van der Waals surface area contributed by atoms with Crippen LogP contribution in [0.15, 0.2) is 0 Å². The predicted octanol–water partition coefficient (Wildman–Crippen LogP) is 0.702. The molecular formula is C12H23NO6S. The Kier molecular flexibility index (Phi) is 8.40. The number of methoxy groups -OCH3 is 1. The topological polar surface area (TPSA) is 101 Å². The summed E-state index contributed by atoms with van der Waals surface area (Å²) in [6.45, 7) is 1.42. The molecule has 0 aromatic rings. The van der Waals surface area contributed by atoms with Gasteiger partial charge in [0.15, 0.2) is 0 Å². The van der Waals surface area contributed by atoms with Gasteiger partial charge in [0, 0.05) is 20.0 Å². The second-order valence-electron chi connectivity index (χ2n) is 4.72. The van der Waals surface area contributed by atoms with E-state index in [9.17, 15) is 18.0 Å². The van der Waals surface area contributed by atoms with Gasteiger partial charge in [0.2, 0.25) is 10.0 Å². The Morgan fingerprint density at radius 3 is 2.35 bits per heavy atom. The summed E-state index contributed by atoms with van der Waals surface area (Å²) in [6.07, 6.45) is 1.90. The third-order valence-electron chi connectivity index (χ3n) is 2.94. The second-order valence-corrected chi connectivity index (χ2v) is 6.92. The van der Waals surface area contributed by atoms with Crippen LogP contribution in [0.1, 0.15) is 32.6 Å². The van der Waals surface area contributed by atoms with Gasteiger partial charge in [0.25, 0.3) is 0 Å². The predicted molar refractivity (Wildman–Crippen MR) is 73.7 cm³/mol. The van der Waals surface area contributed by atoms with Crippen molar-refractivity contribution in [2.75, 3.05) is 26.5 Å². The Balaban J connectivity index is 4.06. The molecule has 0 aromatic heterocycles. The van der Waals surface area contributed by atoms with Crippen molar-refractivity contribution in [1.82, 2.24) is 4.31 Å². The van der Waals surface area contributed by atoms with Crippen LogP contribution in [0, 0.1) is 5.92 Å². The lowest BCUT2D eigenvalue weighted by atomic mass is 10.2. The number of carboxylic acid groups (broad SMARTS) is 1. The fourth-order valence-corrected chi connectivity index (χ4v) is 2.90. The zero-order valence-corrected chi connectivity index (χ0v) is 13.0. The van der Waals surface area contributed by atoms with Crippen LogP contribution in [-0.4, -0.2) is 56.2 Å². The molecule has 7 nitrogen and oxygen atoms in total. The number of hydrogen-bond donors (Lipinski definition) is 1. The molecule has 0 bridgehead atoms. The van der Waals surface area contributed by atoms with Crippen molar-refractivity contribution in [2.45, 2.75) is 32.6 Å². The number of carboxylic acids is 1. The minimum atomic E-state index is -3.44. The lowest BCUT2D eigenvalue weighted by molar-refractivity contribution is -0.141. The number of ether oxygens (including phenoxy) is 1. The fourth-order valence-electron chi connectivity index (χ4n) is 1.57. The van der Waals surface area contributed by atoms with Crippen molar-refractivity contribution in [3.63, 3.8) is 0 Å². The van der Waals surface area contributed by atoms with Gasteiger partial charge in [0.1, 0.15) is 0 Å². The van der Waals surface area contributed by atoms with E-state index in [0.29, 0.717) is 19.3 Å². The molecule has 0 saturated heterocycles. The standard InChI is InChI=1S/C12H23NO6S/c1-10(12(15)16)9-13(2)20(17,18)8-6-4-5-7-11(14)19-3/h10H,4-9H2,1-3H3,(H,15,16). The maximum atomic E-state index is 11.9. The van der Waals surface area contributed by atoms with Crippen LogP contribution < -0.4 is 0 Å². The molecule has 1 N–H and O–H groups in total. The summed E-state index contributed by atoms with van der Waals surface area (Å²) in [4.78, 5) is 21.5. The van der Waals surface area contributed by atoms with Gasteiger partial charge in [-0.2, -0.15) is 0 Å². The van der Waals surface area contributed by atoms with Crippen molar-refractivity contribution in [1.29, 1.82) is 0 Å². The van der Waals surface area contributed by atoms with Gasteiger partial charge in [-0.05, 0) is 12.8 Å². The Morgan fingerprint density at radius 2 is 1.85 bits per heavy atom. The summed E-state index contributed by atoms with van der Waals surface area (Å²) in [5.41, 5.74) is 0. The minimum absolute atomic E-state index is 0.0418. The Bertz CT molecular complexity index is 420. The number of nitrogens with zero attached hydrogens (tertiary/aromatic N) is 1. The van der Waals surface area contributed by atoms with Crippen LogP contribution in [0.2, 0.25) is 0 Å². The first-order valence-corrected chi connectivity index (χ1v) is 8.05. The van der Waals surface area contributed by atoms with Gasteiger partial charge in [-0.1, -0.05) is 13.3 Å². The first kappa shape index (κ1) is 18.9. The van der Waals surface area contributed by atoms with Gasteiger partial charge < -0.3 is 9.84 Å². The van der Waals surface area contributed by atoms with E-state index < -0.39 is 21.9 Å². The monoisotopic (exact) mass is 309 g/mol. The van der Waals surface area contributed by atoms with Gasteiger partial charge in [-0.3, -0.25) is 9.59 Å². The molecule has 0 spiro atoms. The third-order valence-corrected chi connectivity index (χ3v) is 4.84. The van der Waals surface area contributed by atoms with Gasteiger partial charge in [0.05, 0.1) is 18.8 Å². The average Bonchev–Trinajstić information content (AvgIpc) is 2.37. The highest BCUT2D eigenvalue weighted by molar-refractivity contribution is 7.89. The fraction of sp³-hybridized carbons (Fsp3) is 0.833. The number of aliphatic carboxylic acids is 1. The van der Waals surface area contributed by atoms with Crippen LogP contribution in [0.3, 0.4) is 0 Å². The number of rotatable bonds is 10. The summed E-state index contributed by atoms with van der Waals surface area (Å²) >= 11 is 0. The maximum Gasteiger partial charge on any atom is 0.307 e. The Labute approximate surface area is 120 Å². The van der Waals surface area contributed by atoms with E-state index in [1.54, 1.807) is 0 Å². The summed E-state index contributed by atoms with van der Waals surface area (Å²) in [5.74, 6) is -2.11. The third kappa shape index (κ3) is 7.44. The Hall–Kier alpha value is -1.15. The van der Waals surface area contributed by atoms with E-state index in [-0.39, 0.29) is 24.7 Å². The van der Waals surface area contributed by atoms with Crippen molar-refractivity contribution < 1.29 is 27.9 Å². The van der Waals surface area contributed by atoms with Crippen LogP contribution in [0.5, 0.6) is 0 Å². The summed E-state index contributed by atoms with van der Waals surface area (Å²) in [7, 11) is -0.752. The number of sulfonamides is 1. The highest BCUT2D eigenvalue weighted by atomic mass is 32.2. The smallest absolute Gasteiger partial charge is 0.307 e. The first-order valence-electron chi connectivity index (χ1n) is 6.44. The highest BCUT2D eigenvalue weighted by Crippen LogP contribution is 2.09. The molecule has 1 unspecified atom stereocenters. The largest absolute Gasteiger partial charge is 0.481 e. The van der Waals surface area contributed by atoms with Crippen molar-refractivity contribution in [3.05, 3.63) is 0 Å². The molecule has 0 heterocycles. The van der Waals surface area contributed by atoms with Gasteiger partial charge >= 0.3 is 11.9 Å². The van der Waals surface area contributed by atoms with E-state index >= 15 is 0 Å². The van der Waals surface area contributed by atoms with Crippen LogP contribution >= 0.6 is 0 Å². The zero-order chi connectivity index (χ0) is 15.8. The molecule has 1 atom stereocenters. The number of hydrogen-bond acceptors (Lipinski definition) is 5. The molecule has 20 heavy (non-hydrogen) atoms. The minimum Gasteiger partial charge on any atom is -0.481 e. The van der Waals surface area contributed by atoms with Gasteiger partial charge in [-0.25, -0.2) is 12.7 Å². The molecule has 0 fully saturated rings. The average molecular weight is 309 g/mol. The normalized spacial score (nSPS) is 13.2. The molecule has 0 rings (SSSR count). The molecular weight excluding hydrogens is 286 g/mol. The quantitative estimate of drug-likeness (QED) is 0.471. The van der Waals surface area contributed by atoms with E-state index in [2.05, 4.69) is 4.74 Å². The SMILES string of the molecule is COC(=O)CCCCCS(=O)(=O)N(C)CC(C)C(=O)O. The molecule has 0 radical (unpaired) electrons. The molecule has 0 saturated carbocycles. The second kappa shape index (κ2) is 8.91. The van der Waals surface area contributed by atoms with Crippen LogP contribution in [0.25, 0.3) is 0 Å². The molecule has 0 aliphatic carbocycles. The van der Waals surface area contributed by atoms with Crippen molar-refractivity contribution in [2.24, 2.45) is 5.92 Å². The van der Waals surface area contributed by atoms with E-state index in [0.717, 1.165) is 4.31 Å². The number of carbonyl (C=O) groups excluding carboxylic acids is 1.